The van der Waals surface area contributed by atoms with Gasteiger partial charge in [0.15, 0.2) is 0 Å². The molecule has 0 aliphatic carbocycles. The Morgan fingerprint density at radius 3 is 2.59 bits per heavy atom. The second-order valence-corrected chi connectivity index (χ2v) is 4.43. The molecule has 5 nitrogen and oxygen atoms in total. The van der Waals surface area contributed by atoms with E-state index < -0.39 is 4.92 Å². The lowest BCUT2D eigenvalue weighted by Gasteiger charge is -2.22. The van der Waals surface area contributed by atoms with E-state index in [1.807, 2.05) is 20.8 Å². The second kappa shape index (κ2) is 5.63. The molecule has 0 spiro atoms. The van der Waals surface area contributed by atoms with Crippen LogP contribution in [0.1, 0.15) is 19.4 Å². The van der Waals surface area contributed by atoms with E-state index >= 15 is 0 Å². The Kier molecular flexibility index (Phi) is 4.45. The summed E-state index contributed by atoms with van der Waals surface area (Å²) < 4.78 is 0. The summed E-state index contributed by atoms with van der Waals surface area (Å²) in [5.41, 5.74) is 1.68. The minimum absolute atomic E-state index is 0.000200. The molecule has 1 unspecified atom stereocenters. The van der Waals surface area contributed by atoms with Gasteiger partial charge in [-0.1, -0.05) is 19.9 Å². The lowest BCUT2D eigenvalue weighted by atomic mass is 10.0. The number of hydrogen-bond acceptors (Lipinski definition) is 4. The highest BCUT2D eigenvalue weighted by Crippen LogP contribution is 2.23. The van der Waals surface area contributed by atoms with Crippen molar-refractivity contribution in [3.05, 3.63) is 33.9 Å². The molecule has 17 heavy (non-hydrogen) atoms. The highest BCUT2D eigenvalue weighted by Gasteiger charge is 2.15. The summed E-state index contributed by atoms with van der Waals surface area (Å²) in [7, 11) is 0. The highest BCUT2D eigenvalue weighted by molar-refractivity contribution is 5.57. The van der Waals surface area contributed by atoms with Gasteiger partial charge in [-0.15, -0.1) is 0 Å². The largest absolute Gasteiger partial charge is 0.394 e. The average molecular weight is 238 g/mol. The number of hydrogen-bond donors (Lipinski definition) is 2. The van der Waals surface area contributed by atoms with Gasteiger partial charge in [0.1, 0.15) is 0 Å². The summed E-state index contributed by atoms with van der Waals surface area (Å²) in [5, 5.41) is 23.1. The molecule has 1 atom stereocenters. The van der Waals surface area contributed by atoms with Crippen molar-refractivity contribution in [1.29, 1.82) is 0 Å². The van der Waals surface area contributed by atoms with Crippen LogP contribution >= 0.6 is 0 Å². The number of rotatable bonds is 5. The smallest absolute Gasteiger partial charge is 0.271 e. The first-order valence-electron chi connectivity index (χ1n) is 5.58. The fourth-order valence-corrected chi connectivity index (χ4v) is 1.50. The fourth-order valence-electron chi connectivity index (χ4n) is 1.50. The molecular weight excluding hydrogens is 220 g/mol. The van der Waals surface area contributed by atoms with Crippen molar-refractivity contribution in [2.24, 2.45) is 5.92 Å². The van der Waals surface area contributed by atoms with Crippen LogP contribution in [0.3, 0.4) is 0 Å². The molecule has 0 aliphatic heterocycles. The number of aryl methyl sites for hydroxylation is 1. The van der Waals surface area contributed by atoms with Crippen molar-refractivity contribution >= 4 is 11.4 Å². The van der Waals surface area contributed by atoms with Gasteiger partial charge < -0.3 is 10.4 Å². The predicted molar refractivity (Wildman–Crippen MR) is 67.2 cm³/mol. The van der Waals surface area contributed by atoms with Gasteiger partial charge in [0, 0.05) is 17.8 Å². The summed E-state index contributed by atoms with van der Waals surface area (Å²) in [6.07, 6.45) is 0. The summed E-state index contributed by atoms with van der Waals surface area (Å²) in [4.78, 5) is 10.3. The molecule has 1 rings (SSSR count). The molecular formula is C12H18N2O3. The van der Waals surface area contributed by atoms with Crippen molar-refractivity contribution in [1.82, 2.24) is 0 Å². The molecule has 0 radical (unpaired) electrons. The van der Waals surface area contributed by atoms with Gasteiger partial charge in [-0.2, -0.15) is 0 Å². The zero-order valence-electron chi connectivity index (χ0n) is 10.3. The van der Waals surface area contributed by atoms with Gasteiger partial charge in [-0.25, -0.2) is 0 Å². The zero-order chi connectivity index (χ0) is 13.0. The fraction of sp³-hybridized carbons (Fsp3) is 0.500. The van der Waals surface area contributed by atoms with Gasteiger partial charge in [0.05, 0.1) is 17.6 Å². The third-order valence-corrected chi connectivity index (χ3v) is 2.77. The first kappa shape index (κ1) is 13.4. The first-order chi connectivity index (χ1) is 7.95. The van der Waals surface area contributed by atoms with Crippen LogP contribution in [0, 0.1) is 23.0 Å². The predicted octanol–water partition coefficient (Wildman–Crippen LogP) is 2.33. The SMILES string of the molecule is Cc1ccc([N+](=O)[O-])cc1NC(CO)C(C)C. The Hall–Kier alpha value is -1.62. The summed E-state index contributed by atoms with van der Waals surface area (Å²) >= 11 is 0. The number of benzene rings is 1. The minimum Gasteiger partial charge on any atom is -0.394 e. The van der Waals surface area contributed by atoms with Crippen molar-refractivity contribution in [3.63, 3.8) is 0 Å². The third kappa shape index (κ3) is 3.42. The molecule has 1 aromatic carbocycles. The highest BCUT2D eigenvalue weighted by atomic mass is 16.6. The molecule has 1 aromatic rings. The Morgan fingerprint density at radius 2 is 2.12 bits per heavy atom. The van der Waals surface area contributed by atoms with Gasteiger partial charge in [-0.05, 0) is 18.4 Å². The third-order valence-electron chi connectivity index (χ3n) is 2.77. The molecule has 0 saturated carbocycles. The Labute approximate surface area is 101 Å². The lowest BCUT2D eigenvalue weighted by Crippen LogP contribution is -2.29. The van der Waals surface area contributed by atoms with E-state index in [4.69, 9.17) is 0 Å². The Balaban J connectivity index is 2.96. The zero-order valence-corrected chi connectivity index (χ0v) is 10.3. The summed E-state index contributed by atoms with van der Waals surface area (Å²) in [5.74, 6) is 0.249. The van der Waals surface area contributed by atoms with Gasteiger partial charge in [-0.3, -0.25) is 10.1 Å². The van der Waals surface area contributed by atoms with E-state index in [1.54, 1.807) is 6.07 Å². The van der Waals surface area contributed by atoms with Crippen LogP contribution in [-0.4, -0.2) is 22.7 Å². The summed E-state index contributed by atoms with van der Waals surface area (Å²) in [6.45, 7) is 5.85. The normalized spacial score (nSPS) is 12.5. The number of aliphatic hydroxyl groups is 1. The van der Waals surface area contributed by atoms with Crippen molar-refractivity contribution < 1.29 is 10.0 Å². The molecule has 0 bridgehead atoms. The molecule has 94 valence electrons. The van der Waals surface area contributed by atoms with Crippen LogP contribution in [0.5, 0.6) is 0 Å². The van der Waals surface area contributed by atoms with Crippen molar-refractivity contribution in [3.8, 4) is 0 Å². The number of anilines is 1. The number of nitrogens with zero attached hydrogens (tertiary/aromatic N) is 1. The van der Waals surface area contributed by atoms with Crippen LogP contribution in [0.15, 0.2) is 18.2 Å². The lowest BCUT2D eigenvalue weighted by molar-refractivity contribution is -0.384. The maximum absolute atomic E-state index is 10.7. The first-order valence-corrected chi connectivity index (χ1v) is 5.58. The monoisotopic (exact) mass is 238 g/mol. The number of nitro groups is 1. The van der Waals surface area contributed by atoms with Gasteiger partial charge in [0.25, 0.3) is 5.69 Å². The van der Waals surface area contributed by atoms with E-state index in [0.29, 0.717) is 5.69 Å². The molecule has 0 fully saturated rings. The standard InChI is InChI=1S/C12H18N2O3/c1-8(2)12(7-15)13-11-6-10(14(16)17)5-4-9(11)3/h4-6,8,12-13,15H,7H2,1-3H3. The van der Waals surface area contributed by atoms with Crippen molar-refractivity contribution in [2.45, 2.75) is 26.8 Å². The van der Waals surface area contributed by atoms with Crippen LogP contribution in [-0.2, 0) is 0 Å². The van der Waals surface area contributed by atoms with Crippen LogP contribution in [0.2, 0.25) is 0 Å². The maximum Gasteiger partial charge on any atom is 0.271 e. The van der Waals surface area contributed by atoms with Crippen LogP contribution in [0.4, 0.5) is 11.4 Å². The quantitative estimate of drug-likeness (QED) is 0.609. The molecule has 0 aromatic heterocycles. The number of aliphatic hydroxyl groups excluding tert-OH is 1. The van der Waals surface area contributed by atoms with E-state index in [0.717, 1.165) is 5.56 Å². The Morgan fingerprint density at radius 1 is 1.47 bits per heavy atom. The van der Waals surface area contributed by atoms with Gasteiger partial charge >= 0.3 is 0 Å². The number of non-ortho nitro benzene ring substituents is 1. The molecule has 0 aliphatic rings. The molecule has 0 amide bonds. The number of nitrogens with one attached hydrogen (secondary N) is 1. The van der Waals surface area contributed by atoms with E-state index in [2.05, 4.69) is 5.32 Å². The number of nitro benzene ring substituents is 1. The topological polar surface area (TPSA) is 75.4 Å². The summed E-state index contributed by atoms with van der Waals surface area (Å²) in [6, 6.07) is 4.58. The molecule has 5 heteroatoms. The van der Waals surface area contributed by atoms with E-state index in [1.165, 1.54) is 12.1 Å². The Bertz CT molecular complexity index is 405. The van der Waals surface area contributed by atoms with Crippen LogP contribution in [0.25, 0.3) is 0 Å². The van der Waals surface area contributed by atoms with Crippen molar-refractivity contribution in [2.75, 3.05) is 11.9 Å². The molecule has 2 N–H and O–H groups in total. The maximum atomic E-state index is 10.7. The molecule has 0 heterocycles. The van der Waals surface area contributed by atoms with Gasteiger partial charge in [0.2, 0.25) is 0 Å². The minimum atomic E-state index is -0.423. The second-order valence-electron chi connectivity index (χ2n) is 4.43. The molecule has 0 saturated heterocycles. The van der Waals surface area contributed by atoms with E-state index in [-0.39, 0.29) is 24.3 Å². The van der Waals surface area contributed by atoms with Crippen LogP contribution < -0.4 is 5.32 Å². The van der Waals surface area contributed by atoms with E-state index in [9.17, 15) is 15.2 Å². The average Bonchev–Trinajstić information content (AvgIpc) is 2.27.